The lowest BCUT2D eigenvalue weighted by molar-refractivity contribution is 0.0520. The third-order valence-electron chi connectivity index (χ3n) is 2.23. The van der Waals surface area contributed by atoms with Crippen molar-refractivity contribution in [3.05, 3.63) is 40.9 Å². The van der Waals surface area contributed by atoms with Gasteiger partial charge in [0, 0.05) is 17.2 Å². The summed E-state index contributed by atoms with van der Waals surface area (Å²) in [7, 11) is 0. The number of ether oxygens (including phenoxy) is 1. The van der Waals surface area contributed by atoms with Crippen LogP contribution in [-0.4, -0.2) is 28.9 Å². The van der Waals surface area contributed by atoms with Crippen molar-refractivity contribution in [1.29, 1.82) is 0 Å². The van der Waals surface area contributed by atoms with Crippen LogP contribution in [0.1, 0.15) is 23.0 Å². The Morgan fingerprint density at radius 3 is 3.05 bits per heavy atom. The van der Waals surface area contributed by atoms with Gasteiger partial charge in [-0.25, -0.2) is 14.8 Å². The minimum atomic E-state index is -0.456. The molecule has 0 saturated heterocycles. The lowest BCUT2D eigenvalue weighted by Gasteiger charge is -1.96. The zero-order valence-corrected chi connectivity index (χ0v) is 11.1. The number of nitrogens with zero attached hydrogens (tertiary/aromatic N) is 2. The number of thiazole rings is 1. The van der Waals surface area contributed by atoms with Crippen molar-refractivity contribution in [3.63, 3.8) is 0 Å². The Hall–Kier alpha value is -2.21. The molecule has 0 bridgehead atoms. The van der Waals surface area contributed by atoms with E-state index >= 15 is 0 Å². The standard InChI is InChI=1S/C13H12N2O3S/c1-2-18-12(17)10-8-19-13(15-10)14-7-9-5-3-4-6-11(9)16/h3-8,16H,2H2,1H3/b14-7+. The monoisotopic (exact) mass is 276 g/mol. The highest BCUT2D eigenvalue weighted by Crippen LogP contribution is 2.20. The normalized spacial score (nSPS) is 10.8. The maximum absolute atomic E-state index is 11.4. The first-order valence-corrected chi connectivity index (χ1v) is 6.53. The molecule has 0 fully saturated rings. The number of aromatic hydroxyl groups is 1. The smallest absolute Gasteiger partial charge is 0.357 e. The quantitative estimate of drug-likeness (QED) is 0.688. The van der Waals surface area contributed by atoms with Crippen LogP contribution in [0.4, 0.5) is 5.13 Å². The first-order chi connectivity index (χ1) is 9.20. The molecule has 5 nitrogen and oxygen atoms in total. The van der Waals surface area contributed by atoms with E-state index in [4.69, 9.17) is 4.74 Å². The number of carbonyl (C=O) groups is 1. The van der Waals surface area contributed by atoms with Crippen molar-refractivity contribution in [2.45, 2.75) is 6.92 Å². The molecule has 6 heteroatoms. The Kier molecular flexibility index (Phi) is 4.25. The molecule has 0 aliphatic rings. The van der Waals surface area contributed by atoms with Gasteiger partial charge in [-0.1, -0.05) is 12.1 Å². The van der Waals surface area contributed by atoms with E-state index in [0.29, 0.717) is 17.3 Å². The molecule has 1 aromatic heterocycles. The molecule has 2 aromatic rings. The second-order valence-electron chi connectivity index (χ2n) is 3.55. The Balaban J connectivity index is 2.12. The number of esters is 1. The number of phenols is 1. The van der Waals surface area contributed by atoms with Gasteiger partial charge in [0.25, 0.3) is 0 Å². The molecule has 0 aliphatic heterocycles. The minimum absolute atomic E-state index is 0.147. The third-order valence-corrected chi connectivity index (χ3v) is 2.98. The van der Waals surface area contributed by atoms with Crippen LogP contribution in [0.2, 0.25) is 0 Å². The fourth-order valence-electron chi connectivity index (χ4n) is 1.34. The van der Waals surface area contributed by atoms with Crippen LogP contribution in [0, 0.1) is 0 Å². The van der Waals surface area contributed by atoms with Gasteiger partial charge in [0.1, 0.15) is 5.75 Å². The lowest BCUT2D eigenvalue weighted by atomic mass is 10.2. The van der Waals surface area contributed by atoms with E-state index in [1.807, 2.05) is 0 Å². The fourth-order valence-corrected chi connectivity index (χ4v) is 1.97. The average Bonchev–Trinajstić information content (AvgIpc) is 2.87. The lowest BCUT2D eigenvalue weighted by Crippen LogP contribution is -2.04. The van der Waals surface area contributed by atoms with Crippen LogP contribution >= 0.6 is 11.3 Å². The van der Waals surface area contributed by atoms with Crippen molar-refractivity contribution >= 4 is 28.7 Å². The van der Waals surface area contributed by atoms with Gasteiger partial charge in [0.05, 0.1) is 6.61 Å². The van der Waals surface area contributed by atoms with E-state index in [2.05, 4.69) is 9.98 Å². The molecule has 0 atom stereocenters. The number of phenolic OH excluding ortho intramolecular Hbond substituents is 1. The summed E-state index contributed by atoms with van der Waals surface area (Å²) in [5.41, 5.74) is 0.840. The molecule has 2 rings (SSSR count). The van der Waals surface area contributed by atoms with Gasteiger partial charge < -0.3 is 9.84 Å². The Bertz CT molecular complexity index is 607. The number of hydrogen-bond acceptors (Lipinski definition) is 6. The van der Waals surface area contributed by atoms with Crippen molar-refractivity contribution in [1.82, 2.24) is 4.98 Å². The Morgan fingerprint density at radius 2 is 2.32 bits per heavy atom. The molecule has 0 spiro atoms. The summed E-state index contributed by atoms with van der Waals surface area (Å²) in [6.07, 6.45) is 1.50. The number of aromatic nitrogens is 1. The Morgan fingerprint density at radius 1 is 1.53 bits per heavy atom. The summed E-state index contributed by atoms with van der Waals surface area (Å²) in [6.45, 7) is 2.05. The van der Waals surface area contributed by atoms with Crippen molar-refractivity contribution < 1.29 is 14.6 Å². The molecule has 1 aromatic carbocycles. The number of carbonyl (C=O) groups excluding carboxylic acids is 1. The average molecular weight is 276 g/mol. The van der Waals surface area contributed by atoms with E-state index in [-0.39, 0.29) is 11.4 Å². The summed E-state index contributed by atoms with van der Waals surface area (Å²) in [5.74, 6) is -0.309. The highest BCUT2D eigenvalue weighted by atomic mass is 32.1. The predicted molar refractivity (Wildman–Crippen MR) is 73.4 cm³/mol. The maximum Gasteiger partial charge on any atom is 0.357 e. The fraction of sp³-hybridized carbons (Fsp3) is 0.154. The van der Waals surface area contributed by atoms with Crippen LogP contribution in [0.5, 0.6) is 5.75 Å². The largest absolute Gasteiger partial charge is 0.507 e. The minimum Gasteiger partial charge on any atom is -0.507 e. The van der Waals surface area contributed by atoms with Crippen LogP contribution in [-0.2, 0) is 4.74 Å². The first kappa shape index (κ1) is 13.2. The molecule has 1 N–H and O–H groups in total. The molecule has 19 heavy (non-hydrogen) atoms. The van der Waals surface area contributed by atoms with E-state index in [0.717, 1.165) is 0 Å². The molecule has 0 saturated carbocycles. The van der Waals surface area contributed by atoms with Gasteiger partial charge >= 0.3 is 5.97 Å². The summed E-state index contributed by atoms with van der Waals surface area (Å²) in [6, 6.07) is 6.84. The topological polar surface area (TPSA) is 71.8 Å². The number of rotatable bonds is 4. The second kappa shape index (κ2) is 6.10. The Labute approximate surface area is 114 Å². The first-order valence-electron chi connectivity index (χ1n) is 5.65. The maximum atomic E-state index is 11.4. The third kappa shape index (κ3) is 3.38. The summed E-state index contributed by atoms with van der Waals surface area (Å²) >= 11 is 1.24. The van der Waals surface area contributed by atoms with Gasteiger partial charge in [-0.3, -0.25) is 0 Å². The van der Waals surface area contributed by atoms with Crippen molar-refractivity contribution in [2.24, 2.45) is 4.99 Å². The SMILES string of the molecule is CCOC(=O)c1csc(/N=C/c2ccccc2O)n1. The van der Waals surface area contributed by atoms with E-state index in [1.54, 1.807) is 36.6 Å². The molecule has 0 aliphatic carbocycles. The number of hydrogen-bond donors (Lipinski definition) is 1. The molecular formula is C13H12N2O3S. The molecule has 1 heterocycles. The van der Waals surface area contributed by atoms with Crippen molar-refractivity contribution in [2.75, 3.05) is 6.61 Å². The van der Waals surface area contributed by atoms with E-state index in [9.17, 15) is 9.90 Å². The molecule has 98 valence electrons. The zero-order chi connectivity index (χ0) is 13.7. The predicted octanol–water partition coefficient (Wildman–Crippen LogP) is 2.78. The number of aliphatic imine (C=N–C) groups is 1. The summed E-state index contributed by atoms with van der Waals surface area (Å²) in [4.78, 5) is 19.6. The number of para-hydroxylation sites is 1. The molecule has 0 unspecified atom stereocenters. The molecule has 0 radical (unpaired) electrons. The van der Waals surface area contributed by atoms with Crippen LogP contribution in [0.15, 0.2) is 34.6 Å². The van der Waals surface area contributed by atoms with Gasteiger partial charge in [-0.05, 0) is 19.1 Å². The molecular weight excluding hydrogens is 264 g/mol. The summed E-state index contributed by atoms with van der Waals surface area (Å²) < 4.78 is 4.84. The second-order valence-corrected chi connectivity index (χ2v) is 4.39. The summed E-state index contributed by atoms with van der Waals surface area (Å²) in [5, 5.41) is 11.6. The van der Waals surface area contributed by atoms with Gasteiger partial charge in [0.2, 0.25) is 5.13 Å². The van der Waals surface area contributed by atoms with E-state index < -0.39 is 5.97 Å². The van der Waals surface area contributed by atoms with Crippen LogP contribution < -0.4 is 0 Å². The van der Waals surface area contributed by atoms with Gasteiger partial charge in [-0.2, -0.15) is 0 Å². The van der Waals surface area contributed by atoms with Crippen LogP contribution in [0.3, 0.4) is 0 Å². The highest BCUT2D eigenvalue weighted by Gasteiger charge is 2.10. The van der Waals surface area contributed by atoms with E-state index in [1.165, 1.54) is 17.6 Å². The van der Waals surface area contributed by atoms with Crippen molar-refractivity contribution in [3.8, 4) is 5.75 Å². The number of benzene rings is 1. The van der Waals surface area contributed by atoms with Gasteiger partial charge in [-0.15, -0.1) is 11.3 Å². The highest BCUT2D eigenvalue weighted by molar-refractivity contribution is 7.13. The zero-order valence-electron chi connectivity index (χ0n) is 10.2. The molecule has 0 amide bonds. The van der Waals surface area contributed by atoms with Crippen LogP contribution in [0.25, 0.3) is 0 Å². The van der Waals surface area contributed by atoms with Gasteiger partial charge in [0.15, 0.2) is 5.69 Å².